The molecule has 1 rings (SSSR count). The van der Waals surface area contributed by atoms with Gasteiger partial charge in [-0.2, -0.15) is 11.8 Å². The summed E-state index contributed by atoms with van der Waals surface area (Å²) >= 11 is 8.03. The molecule has 1 unspecified atom stereocenters. The molecule has 1 heterocycles. The van der Waals surface area contributed by atoms with Gasteiger partial charge >= 0.3 is 0 Å². The normalized spacial score (nSPS) is 19.0. The van der Waals surface area contributed by atoms with E-state index in [4.69, 9.17) is 16.3 Å². The van der Waals surface area contributed by atoms with Gasteiger partial charge in [0.25, 0.3) is 0 Å². The second-order valence-corrected chi connectivity index (χ2v) is 6.43. The van der Waals surface area contributed by atoms with Crippen LogP contribution in [0.1, 0.15) is 19.3 Å². The number of alkyl halides is 1. The first-order valence-corrected chi connectivity index (χ1v) is 7.67. The van der Waals surface area contributed by atoms with E-state index in [1.165, 1.54) is 24.3 Å². The van der Waals surface area contributed by atoms with Crippen LogP contribution < -0.4 is 0 Å². The highest BCUT2D eigenvalue weighted by molar-refractivity contribution is 7.99. The molecule has 0 spiro atoms. The van der Waals surface area contributed by atoms with Crippen LogP contribution in [-0.2, 0) is 9.53 Å². The van der Waals surface area contributed by atoms with E-state index in [0.29, 0.717) is 25.5 Å². The zero-order valence-electron chi connectivity index (χ0n) is 10.7. The van der Waals surface area contributed by atoms with Gasteiger partial charge in [0.15, 0.2) is 0 Å². The van der Waals surface area contributed by atoms with E-state index in [-0.39, 0.29) is 11.3 Å². The number of nitrogens with zero attached hydrogens (tertiary/aromatic N) is 1. The van der Waals surface area contributed by atoms with E-state index >= 15 is 0 Å². The van der Waals surface area contributed by atoms with Crippen molar-refractivity contribution in [3.05, 3.63) is 0 Å². The molecular weight excluding hydrogens is 258 g/mol. The zero-order chi connectivity index (χ0) is 12.7. The predicted octanol–water partition coefficient (Wildman–Crippen LogP) is 2.23. The molecule has 17 heavy (non-hydrogen) atoms. The molecule has 0 aromatic heterocycles. The summed E-state index contributed by atoms with van der Waals surface area (Å²) < 4.78 is 4.96. The summed E-state index contributed by atoms with van der Waals surface area (Å²) in [5.41, 5.74) is 0. The van der Waals surface area contributed by atoms with Crippen molar-refractivity contribution >= 4 is 29.3 Å². The summed E-state index contributed by atoms with van der Waals surface area (Å²) in [6, 6.07) is 0. The van der Waals surface area contributed by atoms with E-state index in [1.54, 1.807) is 12.0 Å². The number of hydrogen-bond acceptors (Lipinski definition) is 3. The molecule has 1 amide bonds. The van der Waals surface area contributed by atoms with E-state index in [0.717, 1.165) is 0 Å². The van der Waals surface area contributed by atoms with Crippen molar-refractivity contribution in [3.8, 4) is 0 Å². The Hall–Kier alpha value is 0.0700. The maximum absolute atomic E-state index is 12.0. The summed E-state index contributed by atoms with van der Waals surface area (Å²) in [4.78, 5) is 13.7. The third-order valence-electron chi connectivity index (χ3n) is 3.05. The Kier molecular flexibility index (Phi) is 7.32. The summed E-state index contributed by atoms with van der Waals surface area (Å²) in [6.07, 6.45) is 3.02. The van der Waals surface area contributed by atoms with Gasteiger partial charge in [0.2, 0.25) is 5.91 Å². The van der Waals surface area contributed by atoms with E-state index in [2.05, 4.69) is 0 Å². The van der Waals surface area contributed by atoms with Crippen molar-refractivity contribution in [1.29, 1.82) is 0 Å². The zero-order valence-corrected chi connectivity index (χ0v) is 12.2. The molecule has 1 aliphatic heterocycles. The topological polar surface area (TPSA) is 29.5 Å². The first-order chi connectivity index (χ1) is 8.13. The lowest BCUT2D eigenvalue weighted by atomic mass is 9.98. The Morgan fingerprint density at radius 1 is 1.53 bits per heavy atom. The van der Waals surface area contributed by atoms with Crippen LogP contribution in [-0.4, -0.2) is 55.0 Å². The van der Waals surface area contributed by atoms with Gasteiger partial charge in [0, 0.05) is 27.1 Å². The smallest absolute Gasteiger partial charge is 0.222 e. The average molecular weight is 280 g/mol. The maximum atomic E-state index is 12.0. The molecule has 1 aliphatic rings. The van der Waals surface area contributed by atoms with Gasteiger partial charge in [0.1, 0.15) is 0 Å². The molecule has 100 valence electrons. The van der Waals surface area contributed by atoms with Crippen LogP contribution in [0.4, 0.5) is 0 Å². The Balaban J connectivity index is 2.25. The minimum absolute atomic E-state index is 0.115. The number of carbonyl (C=O) groups is 1. The summed E-state index contributed by atoms with van der Waals surface area (Å²) in [6.45, 7) is 1.05. The highest BCUT2D eigenvalue weighted by Crippen LogP contribution is 2.25. The summed E-state index contributed by atoms with van der Waals surface area (Å²) in [5.74, 6) is 3.18. The highest BCUT2D eigenvalue weighted by Gasteiger charge is 2.20. The van der Waals surface area contributed by atoms with Gasteiger partial charge in [-0.05, 0) is 30.3 Å². The Labute approximate surface area is 113 Å². The van der Waals surface area contributed by atoms with E-state index in [9.17, 15) is 4.79 Å². The molecule has 0 aromatic carbocycles. The van der Waals surface area contributed by atoms with Crippen LogP contribution in [0.2, 0.25) is 0 Å². The van der Waals surface area contributed by atoms with E-state index < -0.39 is 0 Å². The van der Waals surface area contributed by atoms with Crippen LogP contribution >= 0.6 is 23.4 Å². The van der Waals surface area contributed by atoms with Crippen molar-refractivity contribution < 1.29 is 9.53 Å². The molecule has 3 nitrogen and oxygen atoms in total. The highest BCUT2D eigenvalue weighted by atomic mass is 35.5. The molecule has 0 saturated carbocycles. The lowest BCUT2D eigenvalue weighted by molar-refractivity contribution is -0.131. The third-order valence-corrected chi connectivity index (χ3v) is 4.36. The Morgan fingerprint density at radius 3 is 2.76 bits per heavy atom. The van der Waals surface area contributed by atoms with Crippen molar-refractivity contribution in [2.75, 3.05) is 38.8 Å². The maximum Gasteiger partial charge on any atom is 0.222 e. The van der Waals surface area contributed by atoms with Crippen molar-refractivity contribution in [3.63, 3.8) is 0 Å². The lowest BCUT2D eigenvalue weighted by Crippen LogP contribution is -2.35. The Bertz CT molecular complexity index is 235. The largest absolute Gasteiger partial charge is 0.383 e. The molecule has 0 N–H and O–H groups in total. The van der Waals surface area contributed by atoms with Gasteiger partial charge in [0.05, 0.1) is 12.0 Å². The number of hydrogen-bond donors (Lipinski definition) is 0. The van der Waals surface area contributed by atoms with Crippen LogP contribution in [0.3, 0.4) is 0 Å². The number of thioether (sulfide) groups is 1. The fourth-order valence-corrected chi connectivity index (χ4v) is 3.52. The Morgan fingerprint density at radius 2 is 2.18 bits per heavy atom. The summed E-state index contributed by atoms with van der Waals surface area (Å²) in [5, 5.41) is -0.115. The van der Waals surface area contributed by atoms with Crippen LogP contribution in [0.15, 0.2) is 0 Å². The minimum Gasteiger partial charge on any atom is -0.383 e. The number of ether oxygens (including phenoxy) is 1. The number of halogens is 1. The second kappa shape index (κ2) is 8.22. The number of methoxy groups -OCH3 is 1. The molecule has 0 aliphatic carbocycles. The van der Waals surface area contributed by atoms with Crippen LogP contribution in [0.5, 0.6) is 0 Å². The minimum atomic E-state index is -0.115. The molecular formula is C12H22ClNO2S. The van der Waals surface area contributed by atoms with Crippen molar-refractivity contribution in [2.45, 2.75) is 24.6 Å². The summed E-state index contributed by atoms with van der Waals surface area (Å²) in [7, 11) is 3.45. The fraction of sp³-hybridized carbons (Fsp3) is 0.917. The first-order valence-electron chi connectivity index (χ1n) is 6.08. The number of carbonyl (C=O) groups excluding carboxylic acids is 1. The first kappa shape index (κ1) is 15.1. The third kappa shape index (κ3) is 5.98. The van der Waals surface area contributed by atoms with Crippen molar-refractivity contribution in [1.82, 2.24) is 4.90 Å². The van der Waals surface area contributed by atoms with Crippen LogP contribution in [0, 0.1) is 5.92 Å². The van der Waals surface area contributed by atoms with E-state index in [1.807, 2.05) is 18.8 Å². The quantitative estimate of drug-likeness (QED) is 0.699. The van der Waals surface area contributed by atoms with Gasteiger partial charge in [-0.3, -0.25) is 4.79 Å². The van der Waals surface area contributed by atoms with Gasteiger partial charge in [-0.1, -0.05) is 0 Å². The monoisotopic (exact) mass is 279 g/mol. The van der Waals surface area contributed by atoms with Crippen molar-refractivity contribution in [2.24, 2.45) is 5.92 Å². The molecule has 0 aromatic rings. The lowest BCUT2D eigenvalue weighted by Gasteiger charge is -2.25. The fourth-order valence-electron chi connectivity index (χ4n) is 1.99. The second-order valence-electron chi connectivity index (χ2n) is 4.59. The van der Waals surface area contributed by atoms with Gasteiger partial charge in [-0.25, -0.2) is 0 Å². The molecule has 0 radical (unpaired) electrons. The standard InChI is InChI=1S/C12H22ClNO2S/c1-14(8-11(13)9-16-2)12(15)7-10-3-5-17-6-4-10/h10-11H,3-9H2,1-2H3. The molecule has 1 saturated heterocycles. The molecule has 1 atom stereocenters. The average Bonchev–Trinajstić information content (AvgIpc) is 2.30. The number of amides is 1. The van der Waals surface area contributed by atoms with Gasteiger partial charge in [-0.15, -0.1) is 11.6 Å². The molecule has 0 bridgehead atoms. The molecule has 1 fully saturated rings. The predicted molar refractivity (Wildman–Crippen MR) is 73.8 cm³/mol. The van der Waals surface area contributed by atoms with Gasteiger partial charge < -0.3 is 9.64 Å². The molecule has 5 heteroatoms. The van der Waals surface area contributed by atoms with Crippen LogP contribution in [0.25, 0.3) is 0 Å². The number of rotatable bonds is 6. The SMILES string of the molecule is COCC(Cl)CN(C)C(=O)CC1CCSCC1.